The van der Waals surface area contributed by atoms with E-state index in [0.29, 0.717) is 23.9 Å². The van der Waals surface area contributed by atoms with Crippen molar-refractivity contribution in [2.75, 3.05) is 10.6 Å². The smallest absolute Gasteiger partial charge is 0.244 e. The van der Waals surface area contributed by atoms with Gasteiger partial charge in [0.1, 0.15) is 0 Å². The molecule has 0 saturated heterocycles. The van der Waals surface area contributed by atoms with Crippen LogP contribution in [0.4, 0.5) is 17.5 Å². The van der Waals surface area contributed by atoms with Crippen molar-refractivity contribution in [1.29, 1.82) is 5.26 Å². The van der Waals surface area contributed by atoms with Crippen LogP contribution in [-0.4, -0.2) is 20.2 Å². The minimum atomic E-state index is 0.431. The fourth-order valence-electron chi connectivity index (χ4n) is 1.90. The molecule has 3 rings (SSSR count). The van der Waals surface area contributed by atoms with Crippen LogP contribution in [-0.2, 0) is 6.54 Å². The molecule has 0 saturated carbocycles. The molecular formula is C16H13N7. The van der Waals surface area contributed by atoms with Gasteiger partial charge in [-0.2, -0.15) is 15.3 Å². The van der Waals surface area contributed by atoms with Crippen LogP contribution in [0.15, 0.2) is 55.0 Å². The summed E-state index contributed by atoms with van der Waals surface area (Å²) in [4.78, 5) is 8.32. The summed E-state index contributed by atoms with van der Waals surface area (Å²) in [5.74, 6) is 1.00. The molecule has 0 aliphatic carbocycles. The predicted molar refractivity (Wildman–Crippen MR) is 85.8 cm³/mol. The molecule has 0 amide bonds. The third kappa shape index (κ3) is 3.98. The number of rotatable bonds is 5. The van der Waals surface area contributed by atoms with Crippen LogP contribution >= 0.6 is 0 Å². The lowest BCUT2D eigenvalue weighted by atomic mass is 10.2. The minimum Gasteiger partial charge on any atom is -0.349 e. The molecule has 23 heavy (non-hydrogen) atoms. The maximum atomic E-state index is 8.79. The second kappa shape index (κ2) is 6.95. The van der Waals surface area contributed by atoms with E-state index in [2.05, 4.69) is 36.9 Å². The Morgan fingerprint density at radius 3 is 2.57 bits per heavy atom. The standard InChI is InChI=1S/C16H13N7/c17-9-12-1-3-14(4-2-12)21-15-11-20-23-16(22-15)19-10-13-5-7-18-8-6-13/h1-8,11H,10H2,(H2,19,21,22,23). The largest absolute Gasteiger partial charge is 0.349 e. The number of hydrogen-bond donors (Lipinski definition) is 2. The Morgan fingerprint density at radius 2 is 1.83 bits per heavy atom. The molecule has 3 aromatic rings. The molecule has 2 N–H and O–H groups in total. The molecule has 0 unspecified atom stereocenters. The second-order valence-corrected chi connectivity index (χ2v) is 4.69. The highest BCUT2D eigenvalue weighted by Gasteiger charge is 2.02. The Kier molecular flexibility index (Phi) is 4.36. The van der Waals surface area contributed by atoms with Crippen molar-refractivity contribution >= 4 is 17.5 Å². The molecule has 7 nitrogen and oxygen atoms in total. The van der Waals surface area contributed by atoms with Gasteiger partial charge in [-0.15, -0.1) is 5.10 Å². The summed E-state index contributed by atoms with van der Waals surface area (Å²) in [5, 5.41) is 22.9. The molecule has 0 radical (unpaired) electrons. The van der Waals surface area contributed by atoms with Crippen LogP contribution in [0.2, 0.25) is 0 Å². The number of hydrogen-bond acceptors (Lipinski definition) is 7. The van der Waals surface area contributed by atoms with Crippen molar-refractivity contribution in [2.45, 2.75) is 6.54 Å². The highest BCUT2D eigenvalue weighted by atomic mass is 15.3. The molecule has 2 heterocycles. The highest BCUT2D eigenvalue weighted by Crippen LogP contribution is 2.15. The number of anilines is 3. The molecule has 7 heteroatoms. The van der Waals surface area contributed by atoms with Crippen molar-refractivity contribution in [3.05, 3.63) is 66.1 Å². The summed E-state index contributed by atoms with van der Waals surface area (Å²) in [6, 6.07) is 13.0. The number of nitrogens with one attached hydrogen (secondary N) is 2. The first kappa shape index (κ1) is 14.4. The van der Waals surface area contributed by atoms with Gasteiger partial charge in [0.15, 0.2) is 5.82 Å². The summed E-state index contributed by atoms with van der Waals surface area (Å²) in [6.07, 6.45) is 5.01. The fraction of sp³-hybridized carbons (Fsp3) is 0.0625. The van der Waals surface area contributed by atoms with Crippen molar-refractivity contribution in [2.24, 2.45) is 0 Å². The van der Waals surface area contributed by atoms with E-state index in [0.717, 1.165) is 11.3 Å². The molecule has 0 aliphatic heterocycles. The van der Waals surface area contributed by atoms with E-state index < -0.39 is 0 Å². The van der Waals surface area contributed by atoms with Gasteiger partial charge >= 0.3 is 0 Å². The Labute approximate surface area is 133 Å². The minimum absolute atomic E-state index is 0.431. The zero-order valence-electron chi connectivity index (χ0n) is 12.1. The van der Waals surface area contributed by atoms with Crippen molar-refractivity contribution in [3.8, 4) is 6.07 Å². The van der Waals surface area contributed by atoms with Gasteiger partial charge in [-0.3, -0.25) is 4.98 Å². The molecule has 2 aromatic heterocycles. The van der Waals surface area contributed by atoms with Crippen LogP contribution in [0.3, 0.4) is 0 Å². The third-order valence-corrected chi connectivity index (χ3v) is 3.05. The maximum Gasteiger partial charge on any atom is 0.244 e. The second-order valence-electron chi connectivity index (χ2n) is 4.69. The van der Waals surface area contributed by atoms with E-state index in [-0.39, 0.29) is 0 Å². The quantitative estimate of drug-likeness (QED) is 0.747. The first-order chi connectivity index (χ1) is 11.3. The summed E-state index contributed by atoms with van der Waals surface area (Å²) in [5.41, 5.74) is 2.51. The molecule has 0 atom stereocenters. The Hall–Kier alpha value is -3.53. The molecule has 1 aromatic carbocycles. The van der Waals surface area contributed by atoms with Crippen LogP contribution in [0.25, 0.3) is 0 Å². The topological polar surface area (TPSA) is 99.4 Å². The van der Waals surface area contributed by atoms with E-state index in [1.165, 1.54) is 6.20 Å². The van der Waals surface area contributed by atoms with Gasteiger partial charge in [0.2, 0.25) is 5.95 Å². The molecule has 0 fully saturated rings. The van der Waals surface area contributed by atoms with Crippen molar-refractivity contribution in [1.82, 2.24) is 20.2 Å². The van der Waals surface area contributed by atoms with Gasteiger partial charge in [0.25, 0.3) is 0 Å². The summed E-state index contributed by atoms with van der Waals surface area (Å²) in [6.45, 7) is 0.588. The summed E-state index contributed by atoms with van der Waals surface area (Å²) >= 11 is 0. The SMILES string of the molecule is N#Cc1ccc(Nc2cnnc(NCc3ccncc3)n2)cc1. The molecular weight excluding hydrogens is 290 g/mol. The lowest BCUT2D eigenvalue weighted by Gasteiger charge is -2.07. The number of benzene rings is 1. The van der Waals surface area contributed by atoms with Gasteiger partial charge in [-0.1, -0.05) is 0 Å². The fourth-order valence-corrected chi connectivity index (χ4v) is 1.90. The van der Waals surface area contributed by atoms with E-state index >= 15 is 0 Å². The first-order valence-electron chi connectivity index (χ1n) is 6.93. The Bertz CT molecular complexity index is 810. The summed E-state index contributed by atoms with van der Waals surface area (Å²) < 4.78 is 0. The number of nitrogens with zero attached hydrogens (tertiary/aromatic N) is 5. The zero-order chi connectivity index (χ0) is 15.9. The van der Waals surface area contributed by atoms with E-state index in [1.807, 2.05) is 24.3 Å². The van der Waals surface area contributed by atoms with Crippen molar-refractivity contribution < 1.29 is 0 Å². The Morgan fingerprint density at radius 1 is 1.04 bits per heavy atom. The van der Waals surface area contributed by atoms with Crippen molar-refractivity contribution in [3.63, 3.8) is 0 Å². The monoisotopic (exact) mass is 303 g/mol. The molecule has 0 aliphatic rings. The lowest BCUT2D eigenvalue weighted by Crippen LogP contribution is -2.06. The van der Waals surface area contributed by atoms with E-state index in [4.69, 9.17) is 5.26 Å². The predicted octanol–water partition coefficient (Wildman–Crippen LogP) is 2.49. The number of aromatic nitrogens is 4. The van der Waals surface area contributed by atoms with Gasteiger partial charge in [-0.25, -0.2) is 0 Å². The normalized spacial score (nSPS) is 9.87. The van der Waals surface area contributed by atoms with Crippen LogP contribution in [0.5, 0.6) is 0 Å². The van der Waals surface area contributed by atoms with Gasteiger partial charge in [0.05, 0.1) is 17.8 Å². The van der Waals surface area contributed by atoms with Gasteiger partial charge in [0, 0.05) is 24.6 Å². The first-order valence-corrected chi connectivity index (χ1v) is 6.93. The van der Waals surface area contributed by atoms with E-state index in [1.54, 1.807) is 24.5 Å². The molecule has 0 spiro atoms. The van der Waals surface area contributed by atoms with E-state index in [9.17, 15) is 0 Å². The maximum absolute atomic E-state index is 8.79. The Balaban J connectivity index is 1.66. The van der Waals surface area contributed by atoms with Gasteiger partial charge < -0.3 is 10.6 Å². The lowest BCUT2D eigenvalue weighted by molar-refractivity contribution is 0.948. The number of pyridine rings is 1. The average Bonchev–Trinajstić information content (AvgIpc) is 2.62. The summed E-state index contributed by atoms with van der Waals surface area (Å²) in [7, 11) is 0. The highest BCUT2D eigenvalue weighted by molar-refractivity contribution is 5.57. The van der Waals surface area contributed by atoms with Crippen LogP contribution in [0, 0.1) is 11.3 Å². The zero-order valence-corrected chi connectivity index (χ0v) is 12.1. The third-order valence-electron chi connectivity index (χ3n) is 3.05. The van der Waals surface area contributed by atoms with Gasteiger partial charge in [-0.05, 0) is 42.0 Å². The van der Waals surface area contributed by atoms with Crippen LogP contribution < -0.4 is 10.6 Å². The average molecular weight is 303 g/mol. The van der Waals surface area contributed by atoms with Crippen LogP contribution in [0.1, 0.15) is 11.1 Å². The number of nitriles is 1. The molecule has 0 bridgehead atoms. The molecule has 112 valence electrons.